The van der Waals surface area contributed by atoms with E-state index in [4.69, 9.17) is 14.6 Å². The molecule has 0 aromatic rings. The predicted molar refractivity (Wildman–Crippen MR) is 71.4 cm³/mol. The summed E-state index contributed by atoms with van der Waals surface area (Å²) in [6.07, 6.45) is 1.16. The minimum atomic E-state index is -1.06. The van der Waals surface area contributed by atoms with Gasteiger partial charge in [0.05, 0.1) is 26.4 Å². The minimum Gasteiger partial charge on any atom is -0.465 e. The molecule has 0 radical (unpaired) electrons. The first-order chi connectivity index (χ1) is 9.11. The summed E-state index contributed by atoms with van der Waals surface area (Å²) in [5, 5.41) is 10.5. The monoisotopic (exact) mass is 275 g/mol. The lowest BCUT2D eigenvalue weighted by atomic mass is 9.96. The van der Waals surface area contributed by atoms with E-state index in [9.17, 15) is 9.59 Å². The second-order valence-corrected chi connectivity index (χ2v) is 4.19. The van der Waals surface area contributed by atoms with Crippen molar-refractivity contribution in [2.45, 2.75) is 33.1 Å². The average Bonchev–Trinajstić information content (AvgIpc) is 2.37. The molecule has 0 fully saturated rings. The molecular formula is C13H25NO5. The van der Waals surface area contributed by atoms with Crippen LogP contribution >= 0.6 is 0 Å². The maximum Gasteiger partial charge on any atom is 0.404 e. The van der Waals surface area contributed by atoms with Gasteiger partial charge in [-0.1, -0.05) is 13.8 Å². The van der Waals surface area contributed by atoms with Crippen LogP contribution in [0.4, 0.5) is 4.79 Å². The van der Waals surface area contributed by atoms with Gasteiger partial charge in [-0.2, -0.15) is 0 Å². The van der Waals surface area contributed by atoms with E-state index in [0.717, 1.165) is 12.8 Å². The van der Waals surface area contributed by atoms with Crippen LogP contribution in [0.5, 0.6) is 0 Å². The van der Waals surface area contributed by atoms with Crippen LogP contribution in [0.2, 0.25) is 0 Å². The summed E-state index contributed by atoms with van der Waals surface area (Å²) in [6, 6.07) is 0. The quantitative estimate of drug-likeness (QED) is 0.529. The second kappa shape index (κ2) is 11.9. The van der Waals surface area contributed by atoms with E-state index >= 15 is 0 Å². The maximum atomic E-state index is 11.7. The Hall–Kier alpha value is -1.14. The number of carbonyl (C=O) groups excluding carboxylic acids is 1. The molecule has 6 heteroatoms. The van der Waals surface area contributed by atoms with E-state index in [-0.39, 0.29) is 18.2 Å². The van der Waals surface area contributed by atoms with Gasteiger partial charge in [-0.15, -0.1) is 0 Å². The summed E-state index contributed by atoms with van der Waals surface area (Å²) >= 11 is 0. The van der Waals surface area contributed by atoms with Gasteiger partial charge in [0.25, 0.3) is 0 Å². The molecule has 19 heavy (non-hydrogen) atoms. The molecule has 2 N–H and O–H groups in total. The van der Waals surface area contributed by atoms with Crippen molar-refractivity contribution in [3.8, 4) is 0 Å². The van der Waals surface area contributed by atoms with Gasteiger partial charge in [-0.25, -0.2) is 4.79 Å². The second-order valence-electron chi connectivity index (χ2n) is 4.19. The van der Waals surface area contributed by atoms with Gasteiger partial charge < -0.3 is 19.9 Å². The van der Waals surface area contributed by atoms with Crippen LogP contribution in [0.3, 0.4) is 0 Å². The molecule has 1 amide bonds. The molecule has 0 aliphatic rings. The molecule has 0 aliphatic carbocycles. The zero-order chi connectivity index (χ0) is 14.5. The smallest absolute Gasteiger partial charge is 0.404 e. The molecule has 6 nitrogen and oxygen atoms in total. The van der Waals surface area contributed by atoms with E-state index in [1.807, 2.05) is 13.8 Å². The normalized spacial score (nSPS) is 10.7. The molecule has 0 spiro atoms. The zero-order valence-corrected chi connectivity index (χ0v) is 11.8. The Kier molecular flexibility index (Phi) is 11.2. The number of hydrogen-bond acceptors (Lipinski definition) is 4. The molecule has 0 aromatic carbocycles. The number of ketones is 1. The van der Waals surface area contributed by atoms with E-state index in [0.29, 0.717) is 32.8 Å². The van der Waals surface area contributed by atoms with Gasteiger partial charge >= 0.3 is 6.09 Å². The van der Waals surface area contributed by atoms with Crippen LogP contribution in [0.1, 0.15) is 33.1 Å². The molecule has 112 valence electrons. The predicted octanol–water partition coefficient (Wildman–Crippen LogP) is 1.68. The van der Waals surface area contributed by atoms with Crippen molar-refractivity contribution in [3.63, 3.8) is 0 Å². The minimum absolute atomic E-state index is 0.155. The molecule has 0 aromatic heterocycles. The van der Waals surface area contributed by atoms with Crippen molar-refractivity contribution < 1.29 is 24.2 Å². The fourth-order valence-corrected chi connectivity index (χ4v) is 1.67. The van der Waals surface area contributed by atoms with Gasteiger partial charge in [0.15, 0.2) is 0 Å². The topological polar surface area (TPSA) is 84.9 Å². The van der Waals surface area contributed by atoms with Gasteiger partial charge in [0.1, 0.15) is 5.78 Å². The SMILES string of the molecule is CCC(CC)C(=O)CCOCCOCCNC(=O)O. The first-order valence-corrected chi connectivity index (χ1v) is 6.76. The van der Waals surface area contributed by atoms with Gasteiger partial charge in [-0.3, -0.25) is 4.79 Å². The van der Waals surface area contributed by atoms with Crippen molar-refractivity contribution in [1.29, 1.82) is 0 Å². The number of carboxylic acid groups (broad SMARTS) is 1. The molecule has 0 saturated carbocycles. The third-order valence-corrected chi connectivity index (χ3v) is 2.83. The third kappa shape index (κ3) is 10.5. The van der Waals surface area contributed by atoms with Crippen molar-refractivity contribution in [1.82, 2.24) is 5.32 Å². The summed E-state index contributed by atoms with van der Waals surface area (Å²) in [6.45, 7) is 5.87. The Bertz CT molecular complexity index is 253. The summed E-state index contributed by atoms with van der Waals surface area (Å²) < 4.78 is 10.4. The highest BCUT2D eigenvalue weighted by Gasteiger charge is 2.13. The number of hydrogen-bond donors (Lipinski definition) is 2. The molecule has 0 aliphatic heterocycles. The van der Waals surface area contributed by atoms with Crippen LogP contribution < -0.4 is 5.32 Å². The standard InChI is InChI=1S/C13H25NO5/c1-3-11(4-2)12(15)5-7-18-9-10-19-8-6-14-13(16)17/h11,14H,3-10H2,1-2H3,(H,16,17). The van der Waals surface area contributed by atoms with Crippen LogP contribution in [0.25, 0.3) is 0 Å². The van der Waals surface area contributed by atoms with Crippen molar-refractivity contribution in [2.24, 2.45) is 5.92 Å². The van der Waals surface area contributed by atoms with Gasteiger partial charge in [0, 0.05) is 18.9 Å². The summed E-state index contributed by atoms with van der Waals surface area (Å²) in [4.78, 5) is 21.8. The number of nitrogens with one attached hydrogen (secondary N) is 1. The fraction of sp³-hybridized carbons (Fsp3) is 0.846. The molecule has 0 atom stereocenters. The Morgan fingerprint density at radius 2 is 1.63 bits per heavy atom. The molecule has 0 rings (SSSR count). The molecule has 0 saturated heterocycles. The number of amides is 1. The largest absolute Gasteiger partial charge is 0.465 e. The number of carbonyl (C=O) groups is 2. The Labute approximate surface area is 114 Å². The van der Waals surface area contributed by atoms with Crippen LogP contribution in [-0.2, 0) is 14.3 Å². The zero-order valence-electron chi connectivity index (χ0n) is 11.8. The lowest BCUT2D eigenvalue weighted by Gasteiger charge is -2.11. The van der Waals surface area contributed by atoms with Gasteiger partial charge in [0.2, 0.25) is 0 Å². The van der Waals surface area contributed by atoms with E-state index < -0.39 is 6.09 Å². The first-order valence-electron chi connectivity index (χ1n) is 6.76. The number of ether oxygens (including phenoxy) is 2. The Morgan fingerprint density at radius 3 is 2.16 bits per heavy atom. The molecule has 0 unspecified atom stereocenters. The summed E-state index contributed by atoms with van der Waals surface area (Å²) in [5.41, 5.74) is 0. The summed E-state index contributed by atoms with van der Waals surface area (Å²) in [5.74, 6) is 0.415. The van der Waals surface area contributed by atoms with Crippen LogP contribution in [0.15, 0.2) is 0 Å². The number of rotatable bonds is 12. The highest BCUT2D eigenvalue weighted by atomic mass is 16.5. The average molecular weight is 275 g/mol. The van der Waals surface area contributed by atoms with E-state index in [1.54, 1.807) is 0 Å². The van der Waals surface area contributed by atoms with E-state index in [1.165, 1.54) is 0 Å². The molecular weight excluding hydrogens is 250 g/mol. The lowest BCUT2D eigenvalue weighted by Crippen LogP contribution is -2.25. The van der Waals surface area contributed by atoms with E-state index in [2.05, 4.69) is 5.32 Å². The van der Waals surface area contributed by atoms with Crippen molar-refractivity contribution in [2.75, 3.05) is 33.0 Å². The van der Waals surface area contributed by atoms with Crippen LogP contribution in [0, 0.1) is 5.92 Å². The highest BCUT2D eigenvalue weighted by molar-refractivity contribution is 5.80. The lowest BCUT2D eigenvalue weighted by molar-refractivity contribution is -0.124. The maximum absolute atomic E-state index is 11.7. The van der Waals surface area contributed by atoms with Gasteiger partial charge in [-0.05, 0) is 12.8 Å². The molecule has 0 bridgehead atoms. The third-order valence-electron chi connectivity index (χ3n) is 2.83. The van der Waals surface area contributed by atoms with Crippen molar-refractivity contribution in [3.05, 3.63) is 0 Å². The van der Waals surface area contributed by atoms with Crippen molar-refractivity contribution >= 4 is 11.9 Å². The Morgan fingerprint density at radius 1 is 1.05 bits per heavy atom. The van der Waals surface area contributed by atoms with Crippen LogP contribution in [-0.4, -0.2) is 50.0 Å². The highest BCUT2D eigenvalue weighted by Crippen LogP contribution is 2.10. The molecule has 0 heterocycles. The Balaban J connectivity index is 3.31. The number of Topliss-reactive ketones (excluding diaryl/α,β-unsaturated/α-hetero) is 1. The fourth-order valence-electron chi connectivity index (χ4n) is 1.67. The summed E-state index contributed by atoms with van der Waals surface area (Å²) in [7, 11) is 0. The first kappa shape index (κ1) is 17.9.